The van der Waals surface area contributed by atoms with E-state index in [-0.39, 0.29) is 0 Å². The average molecular weight is 331 g/mol. The van der Waals surface area contributed by atoms with Gasteiger partial charge in [-0.3, -0.25) is 10.1 Å². The molecule has 1 aromatic heterocycles. The first kappa shape index (κ1) is 13.0. The first-order chi connectivity index (χ1) is 8.56. The molecule has 94 valence electrons. The summed E-state index contributed by atoms with van der Waals surface area (Å²) in [5, 5.41) is 13.5. The van der Waals surface area contributed by atoms with Gasteiger partial charge in [0.2, 0.25) is 5.82 Å². The van der Waals surface area contributed by atoms with E-state index >= 15 is 0 Å². The lowest BCUT2D eigenvalue weighted by Crippen LogP contribution is -1.99. The second-order valence-electron chi connectivity index (χ2n) is 3.48. The van der Waals surface area contributed by atoms with E-state index in [0.29, 0.717) is 12.2 Å². The summed E-state index contributed by atoms with van der Waals surface area (Å²) in [6.45, 7) is 0.549. The number of nitro benzene ring substituents is 1. The van der Waals surface area contributed by atoms with E-state index < -0.39 is 16.4 Å². The molecule has 0 aliphatic carbocycles. The minimum atomic E-state index is -0.836. The zero-order valence-corrected chi connectivity index (χ0v) is 11.4. The summed E-state index contributed by atoms with van der Waals surface area (Å²) >= 11 is 4.92. The van der Waals surface area contributed by atoms with Crippen molar-refractivity contribution >= 4 is 38.6 Å². The molecule has 7 heteroatoms. The molecule has 0 fully saturated rings. The van der Waals surface area contributed by atoms with Crippen molar-refractivity contribution in [2.75, 3.05) is 5.32 Å². The molecule has 0 aliphatic rings. The largest absolute Gasteiger partial charge is 0.380 e. The van der Waals surface area contributed by atoms with Crippen LogP contribution in [0.2, 0.25) is 0 Å². The fourth-order valence-corrected chi connectivity index (χ4v) is 2.82. The van der Waals surface area contributed by atoms with Gasteiger partial charge in [0.05, 0.1) is 8.71 Å². The molecule has 0 bridgehead atoms. The predicted molar refractivity (Wildman–Crippen MR) is 72.4 cm³/mol. The van der Waals surface area contributed by atoms with Crippen molar-refractivity contribution in [2.45, 2.75) is 6.54 Å². The molecule has 1 heterocycles. The predicted octanol–water partition coefficient (Wildman–Crippen LogP) is 4.17. The molecular weight excluding hydrogens is 323 g/mol. The van der Waals surface area contributed by atoms with Gasteiger partial charge in [0.25, 0.3) is 0 Å². The Morgan fingerprint density at radius 2 is 2.17 bits per heavy atom. The molecule has 1 aromatic carbocycles. The lowest BCUT2D eigenvalue weighted by molar-refractivity contribution is -0.387. The van der Waals surface area contributed by atoms with Gasteiger partial charge in [-0.05, 0) is 34.1 Å². The maximum Gasteiger partial charge on any atom is 0.304 e. The van der Waals surface area contributed by atoms with E-state index in [1.165, 1.54) is 6.07 Å². The Morgan fingerprint density at radius 1 is 1.39 bits per heavy atom. The monoisotopic (exact) mass is 330 g/mol. The van der Waals surface area contributed by atoms with Crippen LogP contribution in [-0.4, -0.2) is 4.92 Å². The average Bonchev–Trinajstić information content (AvgIpc) is 2.72. The summed E-state index contributed by atoms with van der Waals surface area (Å²) in [6, 6.07) is 7.65. The number of thiophene rings is 1. The highest BCUT2D eigenvalue weighted by Crippen LogP contribution is 2.24. The van der Waals surface area contributed by atoms with Gasteiger partial charge in [0.15, 0.2) is 0 Å². The van der Waals surface area contributed by atoms with Gasteiger partial charge < -0.3 is 5.32 Å². The van der Waals surface area contributed by atoms with Crippen LogP contribution in [0.15, 0.2) is 34.1 Å². The molecule has 0 radical (unpaired) electrons. The molecular formula is C11H8BrFN2O2S. The molecule has 0 saturated carbocycles. The minimum Gasteiger partial charge on any atom is -0.380 e. The lowest BCUT2D eigenvalue weighted by Gasteiger charge is -2.04. The second kappa shape index (κ2) is 5.45. The van der Waals surface area contributed by atoms with E-state index in [4.69, 9.17) is 0 Å². The zero-order chi connectivity index (χ0) is 13.1. The van der Waals surface area contributed by atoms with Crippen molar-refractivity contribution in [1.82, 2.24) is 0 Å². The van der Waals surface area contributed by atoms with Crippen LogP contribution >= 0.6 is 27.3 Å². The Hall–Kier alpha value is -1.47. The van der Waals surface area contributed by atoms with Gasteiger partial charge in [-0.2, -0.15) is 4.39 Å². The SMILES string of the molecule is O=[N+]([O-])c1ccc(NCc2ccc(Br)s2)cc1F. The third-order valence-corrected chi connectivity index (χ3v) is 3.86. The van der Waals surface area contributed by atoms with Crippen molar-refractivity contribution in [3.63, 3.8) is 0 Å². The number of halogens is 2. The summed E-state index contributed by atoms with van der Waals surface area (Å²) in [7, 11) is 0. The van der Waals surface area contributed by atoms with Crippen molar-refractivity contribution in [2.24, 2.45) is 0 Å². The molecule has 18 heavy (non-hydrogen) atoms. The van der Waals surface area contributed by atoms with Crippen LogP contribution in [0.4, 0.5) is 15.8 Å². The Labute approximate surface area is 115 Å². The molecule has 0 saturated heterocycles. The number of anilines is 1. The normalized spacial score (nSPS) is 10.3. The molecule has 0 aliphatic heterocycles. The first-order valence-corrected chi connectivity index (χ1v) is 6.59. The van der Waals surface area contributed by atoms with Crippen LogP contribution < -0.4 is 5.32 Å². The van der Waals surface area contributed by atoms with E-state index in [2.05, 4.69) is 21.2 Å². The maximum atomic E-state index is 13.3. The zero-order valence-electron chi connectivity index (χ0n) is 9.02. The highest BCUT2D eigenvalue weighted by atomic mass is 79.9. The van der Waals surface area contributed by atoms with Crippen LogP contribution in [-0.2, 0) is 6.54 Å². The lowest BCUT2D eigenvalue weighted by atomic mass is 10.2. The van der Waals surface area contributed by atoms with Crippen molar-refractivity contribution < 1.29 is 9.31 Å². The Morgan fingerprint density at radius 3 is 2.72 bits per heavy atom. The standard InChI is InChI=1S/C11H8BrFN2O2S/c12-11-4-2-8(18-11)6-14-7-1-3-10(15(16)17)9(13)5-7/h1-5,14H,6H2. The fourth-order valence-electron chi connectivity index (χ4n) is 1.40. The van der Waals surface area contributed by atoms with Crippen molar-refractivity contribution in [1.29, 1.82) is 0 Å². The molecule has 0 amide bonds. The first-order valence-electron chi connectivity index (χ1n) is 4.98. The molecule has 0 spiro atoms. The number of nitrogens with zero attached hydrogens (tertiary/aromatic N) is 1. The number of rotatable bonds is 4. The number of benzene rings is 1. The number of hydrogen-bond donors (Lipinski definition) is 1. The van der Waals surface area contributed by atoms with E-state index in [1.807, 2.05) is 12.1 Å². The highest BCUT2D eigenvalue weighted by Gasteiger charge is 2.13. The molecule has 4 nitrogen and oxygen atoms in total. The van der Waals surface area contributed by atoms with Crippen LogP contribution in [0.3, 0.4) is 0 Å². The summed E-state index contributed by atoms with van der Waals surface area (Å²) in [5.74, 6) is -0.836. The van der Waals surface area contributed by atoms with Crippen molar-refractivity contribution in [3.8, 4) is 0 Å². The molecule has 2 aromatic rings. The number of nitro groups is 1. The van der Waals surface area contributed by atoms with Gasteiger partial charge in [-0.1, -0.05) is 0 Å². The van der Waals surface area contributed by atoms with Crippen molar-refractivity contribution in [3.05, 3.63) is 54.9 Å². The highest BCUT2D eigenvalue weighted by molar-refractivity contribution is 9.11. The Balaban J connectivity index is 2.06. The van der Waals surface area contributed by atoms with Gasteiger partial charge in [0.1, 0.15) is 0 Å². The van der Waals surface area contributed by atoms with Crippen LogP contribution in [0, 0.1) is 15.9 Å². The molecule has 0 atom stereocenters. The van der Waals surface area contributed by atoms with Gasteiger partial charge in [-0.15, -0.1) is 11.3 Å². The number of nitrogens with one attached hydrogen (secondary N) is 1. The molecule has 0 unspecified atom stereocenters. The summed E-state index contributed by atoms with van der Waals surface area (Å²) in [4.78, 5) is 10.8. The Bertz CT molecular complexity index is 588. The quantitative estimate of drug-likeness (QED) is 0.676. The van der Waals surface area contributed by atoms with Gasteiger partial charge >= 0.3 is 5.69 Å². The summed E-state index contributed by atoms with van der Waals surface area (Å²) < 4.78 is 14.4. The minimum absolute atomic E-state index is 0.514. The molecule has 2 rings (SSSR count). The maximum absolute atomic E-state index is 13.3. The van der Waals surface area contributed by atoms with E-state index in [1.54, 1.807) is 11.3 Å². The topological polar surface area (TPSA) is 55.2 Å². The fraction of sp³-hybridized carbons (Fsp3) is 0.0909. The number of hydrogen-bond acceptors (Lipinski definition) is 4. The third-order valence-electron chi connectivity index (χ3n) is 2.24. The van der Waals surface area contributed by atoms with Crippen LogP contribution in [0.5, 0.6) is 0 Å². The summed E-state index contributed by atoms with van der Waals surface area (Å²) in [6.07, 6.45) is 0. The van der Waals surface area contributed by atoms with Gasteiger partial charge in [0, 0.05) is 29.2 Å². The van der Waals surface area contributed by atoms with Crippen LogP contribution in [0.1, 0.15) is 4.88 Å². The second-order valence-corrected chi connectivity index (χ2v) is 6.03. The molecule has 1 N–H and O–H groups in total. The van der Waals surface area contributed by atoms with E-state index in [9.17, 15) is 14.5 Å². The van der Waals surface area contributed by atoms with Crippen LogP contribution in [0.25, 0.3) is 0 Å². The Kier molecular flexibility index (Phi) is 3.93. The van der Waals surface area contributed by atoms with Gasteiger partial charge in [-0.25, -0.2) is 0 Å². The summed E-state index contributed by atoms with van der Waals surface area (Å²) in [5.41, 5.74) is 0.00189. The third kappa shape index (κ3) is 3.05. The van der Waals surface area contributed by atoms with E-state index in [0.717, 1.165) is 20.8 Å². The smallest absolute Gasteiger partial charge is 0.304 e.